The molecule has 0 heterocycles. The van der Waals surface area contributed by atoms with Gasteiger partial charge in [-0.1, -0.05) is 41.4 Å². The van der Waals surface area contributed by atoms with E-state index in [-0.39, 0.29) is 12.5 Å². The molecule has 2 aromatic carbocycles. The zero-order chi connectivity index (χ0) is 16.8. The number of hydrogen-bond acceptors (Lipinski definition) is 3. The highest BCUT2D eigenvalue weighted by Crippen LogP contribution is 2.29. The van der Waals surface area contributed by atoms with Crippen LogP contribution in [0.1, 0.15) is 11.1 Å². The van der Waals surface area contributed by atoms with E-state index in [4.69, 9.17) is 28.5 Å². The number of nitrogens with zero attached hydrogens (tertiary/aromatic N) is 2. The average molecular weight is 348 g/mol. The van der Waals surface area contributed by atoms with Gasteiger partial charge in [0.2, 0.25) is 5.91 Å². The molecule has 0 saturated carbocycles. The largest absolute Gasteiger partial charge is 0.322 e. The molecule has 1 amide bonds. The summed E-state index contributed by atoms with van der Waals surface area (Å²) in [5.41, 5.74) is 2.06. The molecule has 23 heavy (non-hydrogen) atoms. The lowest BCUT2D eigenvalue weighted by atomic mass is 10.1. The van der Waals surface area contributed by atoms with Gasteiger partial charge in [-0.3, -0.25) is 9.69 Å². The van der Waals surface area contributed by atoms with Gasteiger partial charge in [-0.2, -0.15) is 5.26 Å². The summed E-state index contributed by atoms with van der Waals surface area (Å²) in [6.07, 6.45) is 0. The van der Waals surface area contributed by atoms with E-state index in [9.17, 15) is 4.79 Å². The van der Waals surface area contributed by atoms with E-state index < -0.39 is 0 Å². The number of amides is 1. The normalized spacial score (nSPS) is 10.4. The first-order valence-electron chi connectivity index (χ1n) is 6.91. The molecule has 4 nitrogen and oxygen atoms in total. The van der Waals surface area contributed by atoms with E-state index in [0.29, 0.717) is 27.8 Å². The zero-order valence-electron chi connectivity index (χ0n) is 12.5. The maximum absolute atomic E-state index is 12.1. The molecule has 2 rings (SSSR count). The summed E-state index contributed by atoms with van der Waals surface area (Å²) in [7, 11) is 1.84. The third-order valence-electron chi connectivity index (χ3n) is 3.18. The Balaban J connectivity index is 1.93. The number of rotatable bonds is 5. The Morgan fingerprint density at radius 3 is 2.35 bits per heavy atom. The number of carbonyl (C=O) groups is 1. The topological polar surface area (TPSA) is 56.1 Å². The fraction of sp³-hybridized carbons (Fsp3) is 0.176. The van der Waals surface area contributed by atoms with Crippen molar-refractivity contribution < 1.29 is 4.79 Å². The molecule has 6 heteroatoms. The average Bonchev–Trinajstić information content (AvgIpc) is 2.51. The number of likely N-dealkylation sites (N-methyl/N-ethyl adjacent to an activating group) is 1. The van der Waals surface area contributed by atoms with Crippen molar-refractivity contribution in [1.82, 2.24) is 4.90 Å². The van der Waals surface area contributed by atoms with Crippen LogP contribution in [0.3, 0.4) is 0 Å². The molecule has 0 atom stereocenters. The SMILES string of the molecule is CN(CC(=O)Nc1c(Cl)cccc1Cl)Cc1ccc(C#N)cc1. The summed E-state index contributed by atoms with van der Waals surface area (Å²) >= 11 is 12.1. The molecule has 0 aliphatic carbocycles. The summed E-state index contributed by atoms with van der Waals surface area (Å²) in [6.45, 7) is 0.789. The third-order valence-corrected chi connectivity index (χ3v) is 3.81. The van der Waals surface area contributed by atoms with E-state index in [0.717, 1.165) is 5.56 Å². The fourth-order valence-electron chi connectivity index (χ4n) is 2.09. The van der Waals surface area contributed by atoms with Crippen LogP contribution in [0.2, 0.25) is 10.0 Å². The Kier molecular flexibility index (Phi) is 6.00. The van der Waals surface area contributed by atoms with Gasteiger partial charge in [-0.25, -0.2) is 0 Å². The Labute approximate surface area is 145 Å². The van der Waals surface area contributed by atoms with Crippen molar-refractivity contribution in [2.75, 3.05) is 18.9 Å². The van der Waals surface area contributed by atoms with Crippen LogP contribution >= 0.6 is 23.2 Å². The smallest absolute Gasteiger partial charge is 0.238 e. The summed E-state index contributed by atoms with van der Waals surface area (Å²) in [4.78, 5) is 14.0. The molecule has 0 aromatic heterocycles. The standard InChI is InChI=1S/C17H15Cl2N3O/c1-22(10-13-7-5-12(9-20)6-8-13)11-16(23)21-17-14(18)3-2-4-15(17)19/h2-8H,10-11H2,1H3,(H,21,23). The van der Waals surface area contributed by atoms with E-state index in [1.54, 1.807) is 30.3 Å². The van der Waals surface area contributed by atoms with Crippen LogP contribution in [-0.4, -0.2) is 24.4 Å². The number of nitriles is 1. The number of benzene rings is 2. The van der Waals surface area contributed by atoms with Gasteiger partial charge in [-0.05, 0) is 36.9 Å². The molecule has 2 aromatic rings. The Bertz CT molecular complexity index is 718. The fourth-order valence-corrected chi connectivity index (χ4v) is 2.59. The molecule has 0 spiro atoms. The number of hydrogen-bond donors (Lipinski definition) is 1. The first kappa shape index (κ1) is 17.3. The number of nitrogens with one attached hydrogen (secondary N) is 1. The monoisotopic (exact) mass is 347 g/mol. The van der Waals surface area contributed by atoms with Gasteiger partial charge < -0.3 is 5.32 Å². The Hall–Kier alpha value is -2.06. The van der Waals surface area contributed by atoms with Crippen LogP contribution < -0.4 is 5.32 Å². The van der Waals surface area contributed by atoms with Crippen LogP contribution in [0.15, 0.2) is 42.5 Å². The Morgan fingerprint density at radius 1 is 1.17 bits per heavy atom. The van der Waals surface area contributed by atoms with Crippen molar-refractivity contribution in [1.29, 1.82) is 5.26 Å². The van der Waals surface area contributed by atoms with Crippen LogP contribution in [-0.2, 0) is 11.3 Å². The molecule has 1 N–H and O–H groups in total. The second-order valence-electron chi connectivity index (χ2n) is 5.13. The van der Waals surface area contributed by atoms with Crippen LogP contribution in [0, 0.1) is 11.3 Å². The molecular formula is C17H15Cl2N3O. The van der Waals surface area contributed by atoms with Crippen molar-refractivity contribution >= 4 is 34.8 Å². The second kappa shape index (κ2) is 7.98. The van der Waals surface area contributed by atoms with Crippen LogP contribution in [0.25, 0.3) is 0 Å². The van der Waals surface area contributed by atoms with Crippen molar-refractivity contribution in [3.05, 3.63) is 63.6 Å². The summed E-state index contributed by atoms with van der Waals surface area (Å²) < 4.78 is 0. The maximum Gasteiger partial charge on any atom is 0.238 e. The number of para-hydroxylation sites is 1. The second-order valence-corrected chi connectivity index (χ2v) is 5.94. The molecule has 0 bridgehead atoms. The molecule has 0 radical (unpaired) electrons. The van der Waals surface area contributed by atoms with E-state index in [2.05, 4.69) is 11.4 Å². The predicted molar refractivity (Wildman–Crippen MR) is 92.6 cm³/mol. The van der Waals surface area contributed by atoms with Gasteiger partial charge in [0.15, 0.2) is 0 Å². The third kappa shape index (κ3) is 4.97. The highest BCUT2D eigenvalue weighted by molar-refractivity contribution is 6.39. The molecule has 0 unspecified atom stereocenters. The van der Waals surface area contributed by atoms with E-state index in [1.807, 2.05) is 24.1 Å². The highest BCUT2D eigenvalue weighted by Gasteiger charge is 2.12. The van der Waals surface area contributed by atoms with Crippen LogP contribution in [0.5, 0.6) is 0 Å². The van der Waals surface area contributed by atoms with Gasteiger partial charge in [-0.15, -0.1) is 0 Å². The van der Waals surface area contributed by atoms with Gasteiger partial charge >= 0.3 is 0 Å². The highest BCUT2D eigenvalue weighted by atomic mass is 35.5. The summed E-state index contributed by atoms with van der Waals surface area (Å²) in [6, 6.07) is 14.4. The molecular weight excluding hydrogens is 333 g/mol. The minimum absolute atomic E-state index is 0.196. The van der Waals surface area contributed by atoms with Gasteiger partial charge in [0.25, 0.3) is 0 Å². The van der Waals surface area contributed by atoms with Crippen molar-refractivity contribution in [3.8, 4) is 6.07 Å². The number of carbonyl (C=O) groups excluding carboxylic acids is 1. The molecule has 0 saturated heterocycles. The van der Waals surface area contributed by atoms with Gasteiger partial charge in [0.05, 0.1) is 33.9 Å². The predicted octanol–water partition coefficient (Wildman–Crippen LogP) is 3.94. The Morgan fingerprint density at radius 2 is 1.78 bits per heavy atom. The van der Waals surface area contributed by atoms with Crippen molar-refractivity contribution in [3.63, 3.8) is 0 Å². The zero-order valence-corrected chi connectivity index (χ0v) is 14.0. The number of halogens is 2. The first-order valence-corrected chi connectivity index (χ1v) is 7.66. The maximum atomic E-state index is 12.1. The van der Waals surface area contributed by atoms with Crippen molar-refractivity contribution in [2.45, 2.75) is 6.54 Å². The minimum atomic E-state index is -0.198. The molecule has 0 aliphatic rings. The van der Waals surface area contributed by atoms with Gasteiger partial charge in [0.1, 0.15) is 0 Å². The molecule has 0 aliphatic heterocycles. The van der Waals surface area contributed by atoms with Gasteiger partial charge in [0, 0.05) is 6.54 Å². The van der Waals surface area contributed by atoms with Crippen LogP contribution in [0.4, 0.5) is 5.69 Å². The minimum Gasteiger partial charge on any atom is -0.322 e. The lowest BCUT2D eigenvalue weighted by molar-refractivity contribution is -0.117. The lowest BCUT2D eigenvalue weighted by Crippen LogP contribution is -2.30. The number of anilines is 1. The summed E-state index contributed by atoms with van der Waals surface area (Å²) in [5.74, 6) is -0.198. The molecule has 118 valence electrons. The quantitative estimate of drug-likeness (QED) is 0.891. The van der Waals surface area contributed by atoms with E-state index >= 15 is 0 Å². The first-order chi connectivity index (χ1) is 11.0. The lowest BCUT2D eigenvalue weighted by Gasteiger charge is -2.17. The summed E-state index contributed by atoms with van der Waals surface area (Å²) in [5, 5.41) is 12.3. The van der Waals surface area contributed by atoms with Crippen molar-refractivity contribution in [2.24, 2.45) is 0 Å². The van der Waals surface area contributed by atoms with E-state index in [1.165, 1.54) is 0 Å². The molecule has 0 fully saturated rings.